The van der Waals surface area contributed by atoms with Crippen LogP contribution in [0.2, 0.25) is 0 Å². The first kappa shape index (κ1) is 25.6. The summed E-state index contributed by atoms with van der Waals surface area (Å²) in [6, 6.07) is 8.54. The number of carboxylic acid groups (broad SMARTS) is 1. The zero-order valence-electron chi connectivity index (χ0n) is 17.2. The molecule has 27 heavy (non-hydrogen) atoms. The summed E-state index contributed by atoms with van der Waals surface area (Å²) in [7, 11) is 0. The third-order valence-electron chi connectivity index (χ3n) is 4.63. The number of aliphatic hydroxyl groups excluding tert-OH is 1. The minimum atomic E-state index is -0.959. The highest BCUT2D eigenvalue weighted by molar-refractivity contribution is 5.73. The molecule has 0 aliphatic rings. The lowest BCUT2D eigenvalue weighted by molar-refractivity contribution is -0.138. The van der Waals surface area contributed by atoms with Crippen molar-refractivity contribution in [3.8, 4) is 0 Å². The molecule has 1 rings (SSSR count). The number of hydrogen-bond acceptors (Lipinski definition) is 3. The number of rotatable bonds is 15. The van der Waals surface area contributed by atoms with Gasteiger partial charge in [-0.1, -0.05) is 108 Å². The standard InChI is InChI=1S/C14H30O.C9H11NO2/c1-2-3-4-5-6-7-8-9-10-11-12-13-14-15;10-8(9(11)12)6-7-4-2-1-3-5-7/h15H,2-14H2,1H3;1-5,8H,6,10H2,(H,11,12)/t;8-/m.0/s1. The van der Waals surface area contributed by atoms with Crippen LogP contribution >= 0.6 is 0 Å². The van der Waals surface area contributed by atoms with Crippen molar-refractivity contribution in [3.05, 3.63) is 35.9 Å². The van der Waals surface area contributed by atoms with Gasteiger partial charge >= 0.3 is 5.97 Å². The zero-order chi connectivity index (χ0) is 20.2. The number of benzene rings is 1. The van der Waals surface area contributed by atoms with Gasteiger partial charge in [0.15, 0.2) is 0 Å². The minimum Gasteiger partial charge on any atom is -0.480 e. The van der Waals surface area contributed by atoms with E-state index in [0.717, 1.165) is 12.0 Å². The van der Waals surface area contributed by atoms with Crippen molar-refractivity contribution in [1.82, 2.24) is 0 Å². The van der Waals surface area contributed by atoms with Gasteiger partial charge in [0.25, 0.3) is 0 Å². The Hall–Kier alpha value is -1.39. The molecule has 0 spiro atoms. The normalized spacial score (nSPS) is 11.5. The highest BCUT2D eigenvalue weighted by Gasteiger charge is 2.10. The van der Waals surface area contributed by atoms with Gasteiger partial charge in [-0.3, -0.25) is 4.79 Å². The van der Waals surface area contributed by atoms with Crippen molar-refractivity contribution < 1.29 is 15.0 Å². The Kier molecular flexibility index (Phi) is 18.4. The van der Waals surface area contributed by atoms with Gasteiger partial charge in [0.05, 0.1) is 0 Å². The van der Waals surface area contributed by atoms with Crippen molar-refractivity contribution in [2.75, 3.05) is 6.61 Å². The van der Waals surface area contributed by atoms with E-state index in [1.807, 2.05) is 30.3 Å². The lowest BCUT2D eigenvalue weighted by Gasteiger charge is -2.04. The van der Waals surface area contributed by atoms with E-state index >= 15 is 0 Å². The lowest BCUT2D eigenvalue weighted by Crippen LogP contribution is -2.32. The topological polar surface area (TPSA) is 83.5 Å². The fourth-order valence-corrected chi connectivity index (χ4v) is 2.91. The molecule has 0 unspecified atom stereocenters. The van der Waals surface area contributed by atoms with E-state index in [0.29, 0.717) is 13.0 Å². The molecule has 0 amide bonds. The Bertz CT molecular complexity index is 425. The SMILES string of the molecule is CCCCCCCCCCCCCCO.N[C@@H](Cc1ccccc1)C(=O)O. The molecule has 0 saturated heterocycles. The van der Waals surface area contributed by atoms with Gasteiger partial charge in [0.1, 0.15) is 6.04 Å². The second-order valence-electron chi connectivity index (χ2n) is 7.25. The smallest absolute Gasteiger partial charge is 0.320 e. The molecule has 4 heteroatoms. The van der Waals surface area contributed by atoms with Crippen LogP contribution in [0.15, 0.2) is 30.3 Å². The van der Waals surface area contributed by atoms with E-state index in [9.17, 15) is 4.79 Å². The molecule has 4 nitrogen and oxygen atoms in total. The molecular formula is C23H41NO3. The zero-order valence-corrected chi connectivity index (χ0v) is 17.2. The number of carbonyl (C=O) groups is 1. The molecule has 156 valence electrons. The van der Waals surface area contributed by atoms with Crippen molar-refractivity contribution in [2.24, 2.45) is 5.73 Å². The van der Waals surface area contributed by atoms with Crippen LogP contribution in [0.1, 0.15) is 89.5 Å². The van der Waals surface area contributed by atoms with Crippen LogP contribution in [0.3, 0.4) is 0 Å². The second kappa shape index (κ2) is 19.4. The van der Waals surface area contributed by atoms with Crippen LogP contribution in [0.5, 0.6) is 0 Å². The number of nitrogens with two attached hydrogens (primary N) is 1. The van der Waals surface area contributed by atoms with Crippen molar-refractivity contribution >= 4 is 5.97 Å². The molecule has 4 N–H and O–H groups in total. The molecule has 0 aliphatic carbocycles. The summed E-state index contributed by atoms with van der Waals surface area (Å²) in [5.41, 5.74) is 6.30. The van der Waals surface area contributed by atoms with Crippen LogP contribution in [0.4, 0.5) is 0 Å². The second-order valence-corrected chi connectivity index (χ2v) is 7.25. The van der Waals surface area contributed by atoms with Gasteiger partial charge in [-0.2, -0.15) is 0 Å². The summed E-state index contributed by atoms with van der Waals surface area (Å²) < 4.78 is 0. The number of aliphatic hydroxyl groups is 1. The average Bonchev–Trinajstić information content (AvgIpc) is 2.67. The molecule has 0 heterocycles. The number of carboxylic acids is 1. The van der Waals surface area contributed by atoms with Crippen LogP contribution in [0, 0.1) is 0 Å². The molecule has 0 fully saturated rings. The summed E-state index contributed by atoms with van der Waals surface area (Å²) in [4.78, 5) is 10.4. The Morgan fingerprint density at radius 1 is 0.852 bits per heavy atom. The fourth-order valence-electron chi connectivity index (χ4n) is 2.91. The van der Waals surface area contributed by atoms with Gasteiger partial charge in [-0.15, -0.1) is 0 Å². The van der Waals surface area contributed by atoms with Gasteiger partial charge in [0.2, 0.25) is 0 Å². The molecule has 0 aromatic heterocycles. The molecule has 1 aromatic rings. The fraction of sp³-hybridized carbons (Fsp3) is 0.696. The molecule has 0 aliphatic heterocycles. The number of aliphatic carboxylic acids is 1. The summed E-state index contributed by atoms with van der Waals surface area (Å²) in [6.07, 6.45) is 16.6. The Labute approximate surface area is 166 Å². The van der Waals surface area contributed by atoms with Crippen molar-refractivity contribution in [1.29, 1.82) is 0 Å². The van der Waals surface area contributed by atoms with Gasteiger partial charge in [0, 0.05) is 6.61 Å². The van der Waals surface area contributed by atoms with E-state index in [1.54, 1.807) is 0 Å². The van der Waals surface area contributed by atoms with Crippen molar-refractivity contribution in [3.63, 3.8) is 0 Å². The first-order valence-electron chi connectivity index (χ1n) is 10.7. The average molecular weight is 380 g/mol. The van der Waals surface area contributed by atoms with E-state index in [-0.39, 0.29) is 0 Å². The third-order valence-corrected chi connectivity index (χ3v) is 4.63. The molecule has 0 bridgehead atoms. The maximum absolute atomic E-state index is 10.4. The van der Waals surface area contributed by atoms with Crippen LogP contribution < -0.4 is 5.73 Å². The molecule has 1 aromatic carbocycles. The molecule has 0 saturated carbocycles. The van der Waals surface area contributed by atoms with Crippen LogP contribution in [-0.2, 0) is 11.2 Å². The maximum atomic E-state index is 10.4. The van der Waals surface area contributed by atoms with Crippen molar-refractivity contribution in [2.45, 2.75) is 96.4 Å². The van der Waals surface area contributed by atoms with Gasteiger partial charge < -0.3 is 15.9 Å². The van der Waals surface area contributed by atoms with Gasteiger partial charge in [-0.25, -0.2) is 0 Å². The largest absolute Gasteiger partial charge is 0.480 e. The first-order chi connectivity index (χ1) is 13.1. The highest BCUT2D eigenvalue weighted by atomic mass is 16.4. The van der Waals surface area contributed by atoms with E-state index in [1.165, 1.54) is 70.6 Å². The highest BCUT2D eigenvalue weighted by Crippen LogP contribution is 2.11. The monoisotopic (exact) mass is 379 g/mol. The maximum Gasteiger partial charge on any atom is 0.320 e. The summed E-state index contributed by atoms with van der Waals surface area (Å²) in [6.45, 7) is 2.64. The van der Waals surface area contributed by atoms with E-state index < -0.39 is 12.0 Å². The predicted molar refractivity (Wildman–Crippen MR) is 114 cm³/mol. The van der Waals surface area contributed by atoms with E-state index in [2.05, 4.69) is 6.92 Å². The minimum absolute atomic E-state index is 0.372. The molecule has 0 radical (unpaired) electrons. The lowest BCUT2D eigenvalue weighted by atomic mass is 10.1. The first-order valence-corrected chi connectivity index (χ1v) is 10.7. The third kappa shape index (κ3) is 17.8. The quantitative estimate of drug-likeness (QED) is 0.360. The Morgan fingerprint density at radius 2 is 1.30 bits per heavy atom. The number of unbranched alkanes of at least 4 members (excludes halogenated alkanes) is 11. The Balaban J connectivity index is 0.000000511. The summed E-state index contributed by atoms with van der Waals surface area (Å²) >= 11 is 0. The van der Waals surface area contributed by atoms with Crippen LogP contribution in [-0.4, -0.2) is 28.8 Å². The van der Waals surface area contributed by atoms with Gasteiger partial charge in [-0.05, 0) is 18.4 Å². The van der Waals surface area contributed by atoms with E-state index in [4.69, 9.17) is 15.9 Å². The predicted octanol–water partition coefficient (Wildman–Crippen LogP) is 5.32. The number of hydrogen-bond donors (Lipinski definition) is 3. The molecule has 1 atom stereocenters. The molecular weight excluding hydrogens is 338 g/mol. The summed E-state index contributed by atoms with van der Waals surface area (Å²) in [5.74, 6) is -0.959. The summed E-state index contributed by atoms with van der Waals surface area (Å²) in [5, 5.41) is 17.1. The van der Waals surface area contributed by atoms with Crippen LogP contribution in [0.25, 0.3) is 0 Å². The Morgan fingerprint density at radius 3 is 1.70 bits per heavy atom.